The molecule has 4 aliphatic carbocycles. The van der Waals surface area contributed by atoms with Gasteiger partial charge in [-0.05, 0) is 104 Å². The van der Waals surface area contributed by atoms with Crippen molar-refractivity contribution in [2.24, 2.45) is 46.3 Å². The highest BCUT2D eigenvalue weighted by Gasteiger charge is 2.65. The average Bonchev–Trinajstić information content (AvgIpc) is 3.41. The molecule has 4 aliphatic rings. The fraction of sp³-hybridized carbons (Fsp3) is 0.976. The molecule has 4 fully saturated rings. The molecule has 0 saturated heterocycles. The summed E-state index contributed by atoms with van der Waals surface area (Å²) in [5, 5.41) is 36.9. The number of hydrogen-bond donors (Lipinski definition) is 4. The van der Waals surface area contributed by atoms with Crippen LogP contribution in [0.25, 0.3) is 0 Å². The second kappa shape index (κ2) is 19.1. The Labute approximate surface area is 290 Å². The maximum Gasteiger partial charge on any atom is 0.220 e. The van der Waals surface area contributed by atoms with Gasteiger partial charge in [0.1, 0.15) is 0 Å². The van der Waals surface area contributed by atoms with Crippen LogP contribution in [0.1, 0.15) is 188 Å². The Morgan fingerprint density at radius 1 is 0.745 bits per heavy atom. The molecule has 11 atom stereocenters. The fourth-order valence-electron chi connectivity index (χ4n) is 11.7. The first-order chi connectivity index (χ1) is 22.6. The lowest BCUT2D eigenvalue weighted by Crippen LogP contribution is -2.62. The first-order valence-corrected chi connectivity index (χ1v) is 20.9. The van der Waals surface area contributed by atoms with E-state index >= 15 is 0 Å². The number of amides is 1. The normalized spacial score (nSPS) is 37.2. The van der Waals surface area contributed by atoms with Crippen molar-refractivity contribution in [2.75, 3.05) is 6.54 Å². The van der Waals surface area contributed by atoms with Crippen LogP contribution in [-0.4, -0.2) is 46.1 Å². The molecule has 0 aromatic carbocycles. The molecule has 47 heavy (non-hydrogen) atoms. The first kappa shape index (κ1) is 39.1. The highest BCUT2D eigenvalue weighted by Crippen LogP contribution is 2.68. The number of carbonyl (C=O) groups is 1. The molecule has 274 valence electrons. The zero-order valence-corrected chi connectivity index (χ0v) is 31.3. The van der Waals surface area contributed by atoms with E-state index in [0.717, 1.165) is 64.3 Å². The molecular formula is C42H77NO4. The van der Waals surface area contributed by atoms with Crippen LogP contribution in [0.5, 0.6) is 0 Å². The Hall–Kier alpha value is -0.650. The van der Waals surface area contributed by atoms with Gasteiger partial charge in [0.15, 0.2) is 0 Å². The van der Waals surface area contributed by atoms with E-state index in [1.54, 1.807) is 0 Å². The highest BCUT2D eigenvalue weighted by molar-refractivity contribution is 5.75. The zero-order chi connectivity index (χ0) is 33.9. The van der Waals surface area contributed by atoms with Crippen molar-refractivity contribution >= 4 is 5.91 Å². The molecule has 4 N–H and O–H groups in total. The summed E-state index contributed by atoms with van der Waals surface area (Å²) < 4.78 is 0. The molecule has 0 heterocycles. The van der Waals surface area contributed by atoms with Gasteiger partial charge in [-0.3, -0.25) is 4.79 Å². The van der Waals surface area contributed by atoms with Crippen molar-refractivity contribution in [1.82, 2.24) is 5.32 Å². The van der Waals surface area contributed by atoms with Gasteiger partial charge in [-0.25, -0.2) is 0 Å². The van der Waals surface area contributed by atoms with Crippen molar-refractivity contribution in [3.63, 3.8) is 0 Å². The largest absolute Gasteiger partial charge is 0.393 e. The lowest BCUT2D eigenvalue weighted by Gasteiger charge is -2.63. The quantitative estimate of drug-likeness (QED) is 0.0924. The van der Waals surface area contributed by atoms with E-state index in [4.69, 9.17) is 0 Å². The first-order valence-electron chi connectivity index (χ1n) is 20.9. The minimum atomic E-state index is -0.359. The van der Waals surface area contributed by atoms with E-state index in [1.165, 1.54) is 96.3 Å². The molecule has 5 nitrogen and oxygen atoms in total. The van der Waals surface area contributed by atoms with E-state index < -0.39 is 0 Å². The van der Waals surface area contributed by atoms with Crippen LogP contribution in [-0.2, 0) is 4.79 Å². The van der Waals surface area contributed by atoms with Crippen molar-refractivity contribution in [3.05, 3.63) is 0 Å². The van der Waals surface area contributed by atoms with Gasteiger partial charge in [-0.2, -0.15) is 0 Å². The molecule has 0 aromatic heterocycles. The number of unbranched alkanes of at least 4 members (excludes halogenated alkanes) is 15. The molecule has 0 aliphatic heterocycles. The van der Waals surface area contributed by atoms with Crippen molar-refractivity contribution in [1.29, 1.82) is 0 Å². The second-order valence-electron chi connectivity index (χ2n) is 17.7. The van der Waals surface area contributed by atoms with Gasteiger partial charge >= 0.3 is 0 Å². The molecule has 4 saturated carbocycles. The van der Waals surface area contributed by atoms with Crippen LogP contribution in [0.15, 0.2) is 0 Å². The summed E-state index contributed by atoms with van der Waals surface area (Å²) in [4.78, 5) is 12.8. The van der Waals surface area contributed by atoms with E-state index in [1.807, 2.05) is 0 Å². The fourth-order valence-corrected chi connectivity index (χ4v) is 11.7. The maximum absolute atomic E-state index is 12.8. The summed E-state index contributed by atoms with van der Waals surface area (Å²) >= 11 is 0. The van der Waals surface area contributed by atoms with Gasteiger partial charge in [-0.1, -0.05) is 124 Å². The summed E-state index contributed by atoms with van der Waals surface area (Å²) in [5.74, 6) is 2.23. The van der Waals surface area contributed by atoms with Gasteiger partial charge in [0, 0.05) is 13.0 Å². The molecule has 0 radical (unpaired) electrons. The van der Waals surface area contributed by atoms with Gasteiger partial charge in [-0.15, -0.1) is 0 Å². The SMILES string of the molecule is CCCCCCCCCCCCCCCCCCNC(=O)CC[C@@H](C)C1CC[C@H]2[C@@H]3[C@H](O)C[C@@H]4C[C@H](O)CC[C@]4(C)[C@H]3C[C@H](O)[C@]12C. The topological polar surface area (TPSA) is 89.8 Å². The molecule has 0 aromatic rings. The molecule has 5 heteroatoms. The molecule has 1 unspecified atom stereocenters. The van der Waals surface area contributed by atoms with Gasteiger partial charge in [0.25, 0.3) is 0 Å². The Kier molecular flexibility index (Phi) is 15.9. The number of hydrogen-bond acceptors (Lipinski definition) is 4. The summed E-state index contributed by atoms with van der Waals surface area (Å²) in [7, 11) is 0. The number of carbonyl (C=O) groups excluding carboxylic acids is 1. The van der Waals surface area contributed by atoms with E-state index in [-0.39, 0.29) is 41.0 Å². The third kappa shape index (κ3) is 9.99. The Morgan fingerprint density at radius 2 is 1.32 bits per heavy atom. The van der Waals surface area contributed by atoms with Gasteiger partial charge < -0.3 is 20.6 Å². The maximum atomic E-state index is 12.8. The molecular weight excluding hydrogens is 582 g/mol. The summed E-state index contributed by atoms with van der Waals surface area (Å²) in [5.41, 5.74) is -0.0807. The van der Waals surface area contributed by atoms with E-state index in [9.17, 15) is 20.1 Å². The summed E-state index contributed by atoms with van der Waals surface area (Å²) in [6, 6.07) is 0. The Balaban J connectivity index is 1.07. The number of rotatable bonds is 21. The number of aliphatic hydroxyl groups excluding tert-OH is 3. The van der Waals surface area contributed by atoms with Gasteiger partial charge in [0.2, 0.25) is 5.91 Å². The third-order valence-corrected chi connectivity index (χ3v) is 14.7. The van der Waals surface area contributed by atoms with Crippen LogP contribution in [0, 0.1) is 46.3 Å². The summed E-state index contributed by atoms with van der Waals surface area (Å²) in [6.07, 6.45) is 28.7. The Morgan fingerprint density at radius 3 is 1.91 bits per heavy atom. The zero-order valence-electron chi connectivity index (χ0n) is 31.3. The monoisotopic (exact) mass is 660 g/mol. The van der Waals surface area contributed by atoms with Crippen LogP contribution >= 0.6 is 0 Å². The second-order valence-corrected chi connectivity index (χ2v) is 17.7. The van der Waals surface area contributed by atoms with Crippen molar-refractivity contribution in [2.45, 2.75) is 207 Å². The van der Waals surface area contributed by atoms with Crippen LogP contribution in [0.3, 0.4) is 0 Å². The number of nitrogens with one attached hydrogen (secondary N) is 1. The highest BCUT2D eigenvalue weighted by atomic mass is 16.3. The third-order valence-electron chi connectivity index (χ3n) is 14.7. The molecule has 4 rings (SSSR count). The Bertz CT molecular complexity index is 911. The van der Waals surface area contributed by atoms with E-state index in [0.29, 0.717) is 36.0 Å². The predicted octanol–water partition coefficient (Wildman–Crippen LogP) is 9.74. The summed E-state index contributed by atoms with van der Waals surface area (Å²) in [6.45, 7) is 10.1. The molecule has 1 amide bonds. The standard InChI is InChI=1S/C42H77NO4/c1-5-6-7-8-9-10-11-12-13-14-15-16-17-18-19-20-27-43-39(47)24-21-31(2)34-22-23-35-40-36(30-38(46)42(34,35)4)41(3)26-25-33(44)28-32(41)29-37(40)45/h31-38,40,44-46H,5-30H2,1-4H3,(H,43,47)/t31-,32+,33-,34?,35+,36+,37-,38+,40+,41+,42-/m1/s1. The minimum absolute atomic E-state index is 0.111. The number of fused-ring (bicyclic) bond motifs is 5. The number of aliphatic hydroxyl groups is 3. The van der Waals surface area contributed by atoms with Crippen molar-refractivity contribution in [3.8, 4) is 0 Å². The predicted molar refractivity (Wildman–Crippen MR) is 195 cm³/mol. The van der Waals surface area contributed by atoms with Crippen LogP contribution < -0.4 is 5.32 Å². The molecule has 0 spiro atoms. The minimum Gasteiger partial charge on any atom is -0.393 e. The lowest BCUT2D eigenvalue weighted by molar-refractivity contribution is -0.207. The molecule has 0 bridgehead atoms. The van der Waals surface area contributed by atoms with E-state index in [2.05, 4.69) is 33.0 Å². The lowest BCUT2D eigenvalue weighted by atomic mass is 9.43. The average molecular weight is 660 g/mol. The van der Waals surface area contributed by atoms with Gasteiger partial charge in [0.05, 0.1) is 18.3 Å². The smallest absolute Gasteiger partial charge is 0.220 e. The van der Waals surface area contributed by atoms with Crippen molar-refractivity contribution < 1.29 is 20.1 Å². The van der Waals surface area contributed by atoms with Crippen LogP contribution in [0.2, 0.25) is 0 Å². The van der Waals surface area contributed by atoms with Crippen LogP contribution in [0.4, 0.5) is 0 Å².